The Bertz CT molecular complexity index is 379. The van der Waals surface area contributed by atoms with Gasteiger partial charge >= 0.3 is 0 Å². The van der Waals surface area contributed by atoms with Crippen LogP contribution in [0.25, 0.3) is 0 Å². The van der Waals surface area contributed by atoms with Gasteiger partial charge in [0.05, 0.1) is 0 Å². The molecule has 0 spiro atoms. The van der Waals surface area contributed by atoms with Gasteiger partial charge in [-0.15, -0.1) is 23.2 Å². The Kier molecular flexibility index (Phi) is 46.1. The molecular weight excluding hydrogens is 547 g/mol. The van der Waals surface area contributed by atoms with Gasteiger partial charge in [0.1, 0.15) is 0 Å². The van der Waals surface area contributed by atoms with Crippen molar-refractivity contribution in [2.24, 2.45) is 0 Å². The predicted molar refractivity (Wildman–Crippen MR) is 132 cm³/mol. The molecule has 0 aliphatic heterocycles. The van der Waals surface area contributed by atoms with Crippen LogP contribution in [0.5, 0.6) is 0 Å². The fourth-order valence-electron chi connectivity index (χ4n) is 2.60. The molecule has 0 amide bonds. The van der Waals surface area contributed by atoms with Gasteiger partial charge in [0, 0.05) is 82.0 Å². The van der Waals surface area contributed by atoms with Crippen molar-refractivity contribution < 1.29 is 56.3 Å². The summed E-state index contributed by atoms with van der Waals surface area (Å²) in [5.74, 6) is 7.58. The van der Waals surface area contributed by atoms with Gasteiger partial charge in [-0.05, 0) is 65.7 Å². The second-order valence-corrected chi connectivity index (χ2v) is 7.40. The van der Waals surface area contributed by atoms with Crippen LogP contribution in [0.1, 0.15) is 93.3 Å². The van der Waals surface area contributed by atoms with Crippen molar-refractivity contribution in [2.75, 3.05) is 38.2 Å². The fraction of sp³-hybridized carbons (Fsp3) is 0.917. The van der Waals surface area contributed by atoms with Crippen molar-refractivity contribution in [3.63, 3.8) is 0 Å². The average Bonchev–Trinajstić information content (AvgIpc) is 2.74. The Morgan fingerprint density at radius 1 is 0.656 bits per heavy atom. The van der Waals surface area contributed by atoms with Gasteiger partial charge < -0.3 is 18.9 Å². The SMILES string of the molecule is CCOC(C#CCCCCCCl)OCC.CCOC(CCCCCCCCl)OCC.[HH].[Ni].[Zn]. The van der Waals surface area contributed by atoms with Crippen molar-refractivity contribution >= 4 is 23.2 Å². The number of halogens is 2. The van der Waals surface area contributed by atoms with Crippen LogP contribution in [-0.4, -0.2) is 50.8 Å². The first-order valence-corrected chi connectivity index (χ1v) is 12.8. The Balaban J connectivity index is -0.000000145. The molecule has 0 atom stereocenters. The van der Waals surface area contributed by atoms with E-state index in [0.29, 0.717) is 13.2 Å². The van der Waals surface area contributed by atoms with Gasteiger partial charge in [-0.3, -0.25) is 0 Å². The van der Waals surface area contributed by atoms with Crippen molar-refractivity contribution in [1.82, 2.24) is 0 Å². The maximum Gasteiger partial charge on any atom is 0.222 e. The van der Waals surface area contributed by atoms with Crippen molar-refractivity contribution in [2.45, 2.75) is 104 Å². The topological polar surface area (TPSA) is 36.9 Å². The van der Waals surface area contributed by atoms with Crippen LogP contribution in [0.2, 0.25) is 0 Å². The maximum absolute atomic E-state index is 5.61. The molecule has 0 saturated heterocycles. The molecule has 0 aromatic heterocycles. The van der Waals surface area contributed by atoms with Crippen molar-refractivity contribution in [3.05, 3.63) is 0 Å². The van der Waals surface area contributed by atoms with Gasteiger partial charge in [-0.2, -0.15) is 0 Å². The predicted octanol–water partition coefficient (Wildman–Crippen LogP) is 7.39. The average molecular weight is 596 g/mol. The Morgan fingerprint density at radius 3 is 1.56 bits per heavy atom. The standard InChI is InChI=1S/C12H25ClO2.C12H21ClO2.Ni.Zn.H2/c2*1-3-14-12(15-4-2)10-8-6-5-7-9-11-13;;;/h12H,3-11H2,1-2H3;12H,3-7,9,11H2,1-2H3;;;1H. The Morgan fingerprint density at radius 2 is 1.09 bits per heavy atom. The number of ether oxygens (including phenoxy) is 4. The number of hydrogen-bond acceptors (Lipinski definition) is 4. The molecule has 0 N–H and O–H groups in total. The van der Waals surface area contributed by atoms with E-state index < -0.39 is 0 Å². The van der Waals surface area contributed by atoms with Crippen LogP contribution in [0.15, 0.2) is 0 Å². The zero-order valence-corrected chi connectivity index (χ0v) is 26.3. The van der Waals surface area contributed by atoms with Crippen LogP contribution in [-0.2, 0) is 54.9 Å². The molecule has 0 fully saturated rings. The third-order valence-electron chi connectivity index (χ3n) is 4.07. The van der Waals surface area contributed by atoms with Gasteiger partial charge in [-0.25, -0.2) is 0 Å². The van der Waals surface area contributed by atoms with Crippen LogP contribution in [0, 0.1) is 11.8 Å². The summed E-state index contributed by atoms with van der Waals surface area (Å²) < 4.78 is 21.5. The van der Waals surface area contributed by atoms with E-state index in [-0.39, 0.29) is 50.0 Å². The van der Waals surface area contributed by atoms with Gasteiger partial charge in [0.15, 0.2) is 6.29 Å². The maximum atomic E-state index is 5.61. The zero-order chi connectivity index (χ0) is 22.7. The smallest absolute Gasteiger partial charge is 0.222 e. The number of unbranched alkanes of at least 4 members (excludes halogenated alkanes) is 7. The molecule has 4 nitrogen and oxygen atoms in total. The largest absolute Gasteiger partial charge is 0.353 e. The quantitative estimate of drug-likeness (QED) is 0.0513. The summed E-state index contributed by atoms with van der Waals surface area (Å²) in [5.41, 5.74) is 0. The second-order valence-electron chi connectivity index (χ2n) is 6.65. The van der Waals surface area contributed by atoms with Crippen LogP contribution in [0.3, 0.4) is 0 Å². The number of hydrogen-bond donors (Lipinski definition) is 0. The third kappa shape index (κ3) is 33.3. The van der Waals surface area contributed by atoms with Gasteiger partial charge in [0.25, 0.3) is 0 Å². The van der Waals surface area contributed by atoms with Gasteiger partial charge in [0.2, 0.25) is 6.29 Å². The van der Waals surface area contributed by atoms with Crippen LogP contribution >= 0.6 is 23.2 Å². The van der Waals surface area contributed by atoms with Crippen LogP contribution < -0.4 is 0 Å². The van der Waals surface area contributed by atoms with E-state index in [9.17, 15) is 0 Å². The Hall–Kier alpha value is 1.10. The summed E-state index contributed by atoms with van der Waals surface area (Å²) in [6.45, 7) is 10.6. The van der Waals surface area contributed by atoms with Crippen LogP contribution in [0.4, 0.5) is 0 Å². The molecule has 0 radical (unpaired) electrons. The summed E-state index contributed by atoms with van der Waals surface area (Å²) in [6, 6.07) is 0. The molecule has 0 aromatic carbocycles. The molecule has 0 aliphatic carbocycles. The molecule has 0 rings (SSSR count). The van der Waals surface area contributed by atoms with Crippen molar-refractivity contribution in [3.8, 4) is 11.8 Å². The minimum absolute atomic E-state index is 0. The van der Waals surface area contributed by atoms with E-state index in [0.717, 1.165) is 63.5 Å². The molecule has 0 aliphatic rings. The third-order valence-corrected chi connectivity index (χ3v) is 4.60. The van der Waals surface area contributed by atoms with E-state index in [1.807, 2.05) is 27.7 Å². The molecule has 194 valence electrons. The van der Waals surface area contributed by atoms with E-state index in [2.05, 4.69) is 11.8 Å². The van der Waals surface area contributed by atoms with E-state index >= 15 is 0 Å². The van der Waals surface area contributed by atoms with Crippen molar-refractivity contribution in [1.29, 1.82) is 0 Å². The Labute approximate surface area is 233 Å². The monoisotopic (exact) mass is 592 g/mol. The molecule has 0 heterocycles. The molecule has 0 bridgehead atoms. The number of alkyl halides is 2. The normalized spacial score (nSPS) is 10.0. The van der Waals surface area contributed by atoms with E-state index in [4.69, 9.17) is 42.1 Å². The number of rotatable bonds is 19. The first-order chi connectivity index (χ1) is 14.7. The van der Waals surface area contributed by atoms with E-state index in [1.54, 1.807) is 0 Å². The fourth-order valence-corrected chi connectivity index (χ4v) is 2.97. The first-order valence-electron chi connectivity index (χ1n) is 11.8. The molecular formula is C24H48Cl2NiO4Zn. The minimum Gasteiger partial charge on any atom is -0.353 e. The molecule has 8 heteroatoms. The zero-order valence-electron chi connectivity index (χ0n) is 20.9. The minimum atomic E-state index is -0.354. The first kappa shape index (κ1) is 40.3. The van der Waals surface area contributed by atoms with E-state index in [1.165, 1.54) is 25.7 Å². The summed E-state index contributed by atoms with van der Waals surface area (Å²) in [4.78, 5) is 0. The molecule has 0 aromatic rings. The second kappa shape index (κ2) is 36.7. The van der Waals surface area contributed by atoms with Gasteiger partial charge in [-0.1, -0.05) is 31.6 Å². The molecule has 0 saturated carbocycles. The summed E-state index contributed by atoms with van der Waals surface area (Å²) in [7, 11) is 0. The summed E-state index contributed by atoms with van der Waals surface area (Å²) >= 11 is 11.2. The summed E-state index contributed by atoms with van der Waals surface area (Å²) in [5, 5.41) is 0. The summed E-state index contributed by atoms with van der Waals surface area (Å²) in [6.07, 6.45) is 11.0. The molecule has 32 heavy (non-hydrogen) atoms. The molecule has 0 unspecified atom stereocenters.